The van der Waals surface area contributed by atoms with E-state index in [-0.39, 0.29) is 5.91 Å². The summed E-state index contributed by atoms with van der Waals surface area (Å²) >= 11 is 0. The van der Waals surface area contributed by atoms with Gasteiger partial charge in [0.2, 0.25) is 5.89 Å². The zero-order valence-corrected chi connectivity index (χ0v) is 12.4. The van der Waals surface area contributed by atoms with Gasteiger partial charge in [-0.25, -0.2) is 4.98 Å². The Morgan fingerprint density at radius 2 is 2.04 bits per heavy atom. The summed E-state index contributed by atoms with van der Waals surface area (Å²) in [7, 11) is 0. The van der Waals surface area contributed by atoms with E-state index in [9.17, 15) is 4.79 Å². The van der Waals surface area contributed by atoms with Gasteiger partial charge in [-0.05, 0) is 30.3 Å². The number of pyridine rings is 1. The van der Waals surface area contributed by atoms with Crippen molar-refractivity contribution < 1.29 is 13.9 Å². The topological polar surface area (TPSA) is 68.5 Å². The van der Waals surface area contributed by atoms with Crippen LogP contribution in [0.1, 0.15) is 10.4 Å². The second kappa shape index (κ2) is 5.81. The van der Waals surface area contributed by atoms with Crippen molar-refractivity contribution in [3.05, 3.63) is 48.3 Å². The molecule has 0 radical (unpaired) electrons. The van der Waals surface area contributed by atoms with Gasteiger partial charge in [-0.15, -0.1) is 0 Å². The van der Waals surface area contributed by atoms with E-state index in [1.807, 2.05) is 18.2 Å². The highest BCUT2D eigenvalue weighted by Gasteiger charge is 2.19. The maximum Gasteiger partial charge on any atom is 0.254 e. The minimum Gasteiger partial charge on any atom is -0.436 e. The van der Waals surface area contributed by atoms with Gasteiger partial charge in [0.25, 0.3) is 5.91 Å². The van der Waals surface area contributed by atoms with E-state index in [2.05, 4.69) is 9.97 Å². The third kappa shape index (κ3) is 2.68. The second-order valence-corrected chi connectivity index (χ2v) is 5.35. The van der Waals surface area contributed by atoms with E-state index < -0.39 is 0 Å². The number of morpholine rings is 1. The molecule has 2 aromatic heterocycles. The van der Waals surface area contributed by atoms with Crippen LogP contribution in [0, 0.1) is 0 Å². The van der Waals surface area contributed by atoms with Crippen LogP contribution in [-0.4, -0.2) is 47.1 Å². The van der Waals surface area contributed by atoms with Gasteiger partial charge in [0.15, 0.2) is 5.58 Å². The van der Waals surface area contributed by atoms with Crippen molar-refractivity contribution >= 4 is 17.0 Å². The molecule has 0 atom stereocenters. The van der Waals surface area contributed by atoms with Crippen LogP contribution >= 0.6 is 0 Å². The van der Waals surface area contributed by atoms with Crippen LogP contribution in [-0.2, 0) is 4.74 Å². The van der Waals surface area contributed by atoms with Gasteiger partial charge < -0.3 is 14.1 Å². The summed E-state index contributed by atoms with van der Waals surface area (Å²) in [5, 5.41) is 0. The molecular weight excluding hydrogens is 294 g/mol. The first kappa shape index (κ1) is 13.9. The Bertz CT molecular complexity index is 839. The monoisotopic (exact) mass is 309 g/mol. The van der Waals surface area contributed by atoms with Crippen LogP contribution in [0.3, 0.4) is 0 Å². The molecule has 1 saturated heterocycles. The minimum atomic E-state index is -0.00507. The molecule has 1 aromatic carbocycles. The Morgan fingerprint density at radius 3 is 2.83 bits per heavy atom. The summed E-state index contributed by atoms with van der Waals surface area (Å²) < 4.78 is 11.1. The number of oxazole rings is 1. The van der Waals surface area contributed by atoms with Gasteiger partial charge in [0.05, 0.1) is 18.8 Å². The van der Waals surface area contributed by atoms with E-state index in [0.29, 0.717) is 43.3 Å². The molecule has 3 heterocycles. The highest BCUT2D eigenvalue weighted by atomic mass is 16.5. The molecule has 116 valence electrons. The van der Waals surface area contributed by atoms with E-state index in [1.165, 1.54) is 0 Å². The average molecular weight is 309 g/mol. The zero-order chi connectivity index (χ0) is 15.6. The van der Waals surface area contributed by atoms with Crippen LogP contribution < -0.4 is 0 Å². The number of ether oxygens (including phenoxy) is 1. The summed E-state index contributed by atoms with van der Waals surface area (Å²) in [6.07, 6.45) is 3.40. The number of aromatic nitrogens is 2. The lowest BCUT2D eigenvalue weighted by Gasteiger charge is -2.26. The van der Waals surface area contributed by atoms with Gasteiger partial charge in [0.1, 0.15) is 5.52 Å². The van der Waals surface area contributed by atoms with Gasteiger partial charge in [-0.3, -0.25) is 9.78 Å². The lowest BCUT2D eigenvalue weighted by molar-refractivity contribution is 0.0303. The number of benzene rings is 1. The molecule has 0 spiro atoms. The number of carbonyl (C=O) groups is 1. The number of fused-ring (bicyclic) bond motifs is 1. The van der Waals surface area contributed by atoms with Crippen molar-refractivity contribution in [1.29, 1.82) is 0 Å². The summed E-state index contributed by atoms with van der Waals surface area (Å²) in [4.78, 5) is 22.8. The van der Waals surface area contributed by atoms with Crippen LogP contribution in [0.4, 0.5) is 0 Å². The molecule has 0 unspecified atom stereocenters. The summed E-state index contributed by atoms with van der Waals surface area (Å²) in [5.41, 5.74) is 2.74. The fourth-order valence-electron chi connectivity index (χ4n) is 2.62. The first-order chi connectivity index (χ1) is 11.3. The largest absolute Gasteiger partial charge is 0.436 e. The van der Waals surface area contributed by atoms with E-state index in [4.69, 9.17) is 9.15 Å². The lowest BCUT2D eigenvalue weighted by Crippen LogP contribution is -2.40. The van der Waals surface area contributed by atoms with Crippen LogP contribution in [0.25, 0.3) is 22.6 Å². The predicted octanol–water partition coefficient (Wildman–Crippen LogP) is 2.36. The Labute approximate surface area is 132 Å². The van der Waals surface area contributed by atoms with E-state index in [0.717, 1.165) is 11.1 Å². The fraction of sp³-hybridized carbons (Fsp3) is 0.235. The molecule has 4 rings (SSSR count). The van der Waals surface area contributed by atoms with Gasteiger partial charge in [-0.2, -0.15) is 0 Å². The van der Waals surface area contributed by atoms with E-state index >= 15 is 0 Å². The molecule has 6 heteroatoms. The van der Waals surface area contributed by atoms with Crippen molar-refractivity contribution in [2.45, 2.75) is 0 Å². The SMILES string of the molecule is O=C(c1ccc2nc(-c3cccnc3)oc2c1)N1CCOCC1. The molecule has 0 saturated carbocycles. The molecule has 1 aliphatic heterocycles. The quantitative estimate of drug-likeness (QED) is 0.727. The van der Waals surface area contributed by atoms with Crippen molar-refractivity contribution in [2.75, 3.05) is 26.3 Å². The predicted molar refractivity (Wildman–Crippen MR) is 84.0 cm³/mol. The number of hydrogen-bond donors (Lipinski definition) is 0. The van der Waals surface area contributed by atoms with Crippen molar-refractivity contribution in [3.8, 4) is 11.5 Å². The number of carbonyl (C=O) groups excluding carboxylic acids is 1. The molecular formula is C17H15N3O3. The fourth-order valence-corrected chi connectivity index (χ4v) is 2.62. The number of amides is 1. The highest BCUT2D eigenvalue weighted by Crippen LogP contribution is 2.24. The first-order valence-electron chi connectivity index (χ1n) is 7.49. The van der Waals surface area contributed by atoms with Crippen LogP contribution in [0.5, 0.6) is 0 Å². The third-order valence-corrected chi connectivity index (χ3v) is 3.84. The van der Waals surface area contributed by atoms with Gasteiger partial charge in [-0.1, -0.05) is 0 Å². The maximum atomic E-state index is 12.5. The molecule has 1 fully saturated rings. The molecule has 0 N–H and O–H groups in total. The summed E-state index contributed by atoms with van der Waals surface area (Å²) in [6.45, 7) is 2.41. The second-order valence-electron chi connectivity index (χ2n) is 5.35. The first-order valence-corrected chi connectivity index (χ1v) is 7.49. The minimum absolute atomic E-state index is 0.00507. The Kier molecular flexibility index (Phi) is 3.51. The number of rotatable bonds is 2. The van der Waals surface area contributed by atoms with Crippen molar-refractivity contribution in [2.24, 2.45) is 0 Å². The Hall–Kier alpha value is -2.73. The normalized spacial score (nSPS) is 15.0. The van der Waals surface area contributed by atoms with Crippen LogP contribution in [0.15, 0.2) is 47.1 Å². The molecule has 1 amide bonds. The van der Waals surface area contributed by atoms with Crippen molar-refractivity contribution in [3.63, 3.8) is 0 Å². The molecule has 0 aliphatic carbocycles. The lowest BCUT2D eigenvalue weighted by atomic mass is 10.1. The molecule has 0 bridgehead atoms. The Morgan fingerprint density at radius 1 is 1.17 bits per heavy atom. The summed E-state index contributed by atoms with van der Waals surface area (Å²) in [6, 6.07) is 9.07. The number of hydrogen-bond acceptors (Lipinski definition) is 5. The highest BCUT2D eigenvalue weighted by molar-refractivity contribution is 5.97. The standard InChI is InChI=1S/C17H15N3O3/c21-17(20-6-8-22-9-7-20)12-3-4-14-15(10-12)23-16(19-14)13-2-1-5-18-11-13/h1-5,10-11H,6-9H2. The third-order valence-electron chi connectivity index (χ3n) is 3.84. The van der Waals surface area contributed by atoms with Gasteiger partial charge in [0, 0.05) is 31.0 Å². The molecule has 6 nitrogen and oxygen atoms in total. The maximum absolute atomic E-state index is 12.5. The van der Waals surface area contributed by atoms with Crippen LogP contribution in [0.2, 0.25) is 0 Å². The zero-order valence-electron chi connectivity index (χ0n) is 12.4. The Balaban J connectivity index is 1.66. The van der Waals surface area contributed by atoms with E-state index in [1.54, 1.807) is 29.4 Å². The summed E-state index contributed by atoms with van der Waals surface area (Å²) in [5.74, 6) is 0.499. The van der Waals surface area contributed by atoms with Gasteiger partial charge >= 0.3 is 0 Å². The molecule has 3 aromatic rings. The average Bonchev–Trinajstić information content (AvgIpc) is 3.06. The molecule has 1 aliphatic rings. The van der Waals surface area contributed by atoms with Crippen molar-refractivity contribution in [1.82, 2.24) is 14.9 Å². The smallest absolute Gasteiger partial charge is 0.254 e. The number of nitrogens with zero attached hydrogens (tertiary/aromatic N) is 3. The molecule has 23 heavy (non-hydrogen) atoms.